The van der Waals surface area contributed by atoms with Crippen molar-refractivity contribution in [2.75, 3.05) is 0 Å². The van der Waals surface area contributed by atoms with Gasteiger partial charge in [-0.2, -0.15) is 0 Å². The summed E-state index contributed by atoms with van der Waals surface area (Å²) >= 11 is 12.0. The van der Waals surface area contributed by atoms with Crippen molar-refractivity contribution >= 4 is 35.1 Å². The second-order valence-electron chi connectivity index (χ2n) is 5.76. The first-order chi connectivity index (χ1) is 11.8. The van der Waals surface area contributed by atoms with Crippen molar-refractivity contribution in [1.82, 2.24) is 5.32 Å². The average molecular weight is 380 g/mol. The summed E-state index contributed by atoms with van der Waals surface area (Å²) in [6.07, 6.45) is -0.930. The Labute approximate surface area is 157 Å². The molecule has 4 nitrogen and oxygen atoms in total. The molecule has 0 fully saturated rings. The van der Waals surface area contributed by atoms with Crippen LogP contribution in [0.1, 0.15) is 41.4 Å². The van der Waals surface area contributed by atoms with E-state index in [4.69, 9.17) is 27.9 Å². The molecule has 0 aliphatic heterocycles. The monoisotopic (exact) mass is 379 g/mol. The zero-order chi connectivity index (χ0) is 18.6. The first-order valence-electron chi connectivity index (χ1n) is 7.81. The van der Waals surface area contributed by atoms with Gasteiger partial charge in [-0.3, -0.25) is 4.79 Å². The molecule has 0 saturated carbocycles. The predicted octanol–water partition coefficient (Wildman–Crippen LogP) is 4.72. The number of halogens is 2. The van der Waals surface area contributed by atoms with Gasteiger partial charge in [0.25, 0.3) is 5.91 Å². The van der Waals surface area contributed by atoms with Crippen LogP contribution in [-0.4, -0.2) is 18.0 Å². The van der Waals surface area contributed by atoms with E-state index in [0.29, 0.717) is 15.6 Å². The second kappa shape index (κ2) is 8.37. The van der Waals surface area contributed by atoms with Crippen molar-refractivity contribution in [2.24, 2.45) is 0 Å². The maximum absolute atomic E-state index is 12.3. The Morgan fingerprint density at radius 2 is 1.76 bits per heavy atom. The van der Waals surface area contributed by atoms with Crippen LogP contribution in [0.2, 0.25) is 10.0 Å². The Kier molecular flexibility index (Phi) is 6.45. The number of ether oxygens (including phenoxy) is 1. The molecular weight excluding hydrogens is 361 g/mol. The highest BCUT2D eigenvalue weighted by Crippen LogP contribution is 2.26. The van der Waals surface area contributed by atoms with E-state index < -0.39 is 18.0 Å². The number of hydrogen-bond donors (Lipinski definition) is 1. The summed E-state index contributed by atoms with van der Waals surface area (Å²) in [5, 5.41) is 3.77. The van der Waals surface area contributed by atoms with Gasteiger partial charge in [0, 0.05) is 10.0 Å². The van der Waals surface area contributed by atoms with E-state index in [-0.39, 0.29) is 6.04 Å². The van der Waals surface area contributed by atoms with Gasteiger partial charge in [0.05, 0.1) is 11.6 Å². The average Bonchev–Trinajstić information content (AvgIpc) is 2.54. The molecule has 2 aromatic rings. The third-order valence-electron chi connectivity index (χ3n) is 3.81. The Morgan fingerprint density at radius 3 is 2.40 bits per heavy atom. The molecule has 0 unspecified atom stereocenters. The summed E-state index contributed by atoms with van der Waals surface area (Å²) in [6, 6.07) is 11.8. The first-order valence-corrected chi connectivity index (χ1v) is 8.57. The Bertz CT molecular complexity index is 792. The summed E-state index contributed by atoms with van der Waals surface area (Å²) in [7, 11) is 0. The normalized spacial score (nSPS) is 13.0. The molecular formula is C19H19Cl2NO3. The zero-order valence-corrected chi connectivity index (χ0v) is 15.7. The number of nitrogens with one attached hydrogen (secondary N) is 1. The topological polar surface area (TPSA) is 55.4 Å². The molecule has 132 valence electrons. The number of rotatable bonds is 5. The van der Waals surface area contributed by atoms with Crippen LogP contribution in [0.25, 0.3) is 0 Å². The summed E-state index contributed by atoms with van der Waals surface area (Å²) in [6.45, 7) is 5.14. The second-order valence-corrected chi connectivity index (χ2v) is 6.60. The summed E-state index contributed by atoms with van der Waals surface area (Å²) in [5.74, 6) is -0.932. The lowest BCUT2D eigenvalue weighted by atomic mass is 10.1. The molecule has 2 aromatic carbocycles. The Balaban J connectivity index is 2.00. The standard InChI is InChI=1S/C19H19Cl2NO3/c1-11-6-4-5-7-15(11)19(24)25-13(3)18(23)22-12(2)16-9-8-14(20)10-17(16)21/h4-10,12-13H,1-3H3,(H,22,23)/t12-,13+/m0/s1. The highest BCUT2D eigenvalue weighted by atomic mass is 35.5. The van der Waals surface area contributed by atoms with Gasteiger partial charge in [-0.05, 0) is 50.1 Å². The van der Waals surface area contributed by atoms with Crippen LogP contribution in [0.5, 0.6) is 0 Å². The minimum absolute atomic E-state index is 0.350. The fraction of sp³-hybridized carbons (Fsp3) is 0.263. The minimum Gasteiger partial charge on any atom is -0.449 e. The van der Waals surface area contributed by atoms with Gasteiger partial charge in [0.15, 0.2) is 6.10 Å². The smallest absolute Gasteiger partial charge is 0.339 e. The van der Waals surface area contributed by atoms with Crippen LogP contribution in [-0.2, 0) is 9.53 Å². The van der Waals surface area contributed by atoms with E-state index in [9.17, 15) is 9.59 Å². The van der Waals surface area contributed by atoms with Crippen molar-refractivity contribution in [3.63, 3.8) is 0 Å². The first kappa shape index (κ1) is 19.3. The fourth-order valence-corrected chi connectivity index (χ4v) is 2.91. The molecule has 0 aromatic heterocycles. The number of esters is 1. The van der Waals surface area contributed by atoms with Gasteiger partial charge >= 0.3 is 5.97 Å². The molecule has 1 amide bonds. The largest absolute Gasteiger partial charge is 0.449 e. The molecule has 0 heterocycles. The molecule has 0 radical (unpaired) electrons. The molecule has 0 spiro atoms. The van der Waals surface area contributed by atoms with Crippen LogP contribution in [0.3, 0.4) is 0 Å². The van der Waals surface area contributed by atoms with E-state index in [1.807, 2.05) is 19.1 Å². The van der Waals surface area contributed by atoms with Gasteiger partial charge in [-0.1, -0.05) is 47.5 Å². The minimum atomic E-state index is -0.930. The molecule has 0 bridgehead atoms. The quantitative estimate of drug-likeness (QED) is 0.764. The number of carbonyl (C=O) groups is 2. The lowest BCUT2D eigenvalue weighted by Crippen LogP contribution is -2.37. The molecule has 0 saturated heterocycles. The van der Waals surface area contributed by atoms with Crippen LogP contribution in [0.15, 0.2) is 42.5 Å². The van der Waals surface area contributed by atoms with E-state index in [1.165, 1.54) is 6.92 Å². The summed E-state index contributed by atoms with van der Waals surface area (Å²) in [5.41, 5.74) is 1.97. The lowest BCUT2D eigenvalue weighted by Gasteiger charge is -2.19. The van der Waals surface area contributed by atoms with E-state index in [1.54, 1.807) is 37.3 Å². The summed E-state index contributed by atoms with van der Waals surface area (Å²) < 4.78 is 5.26. The van der Waals surface area contributed by atoms with Crippen LogP contribution >= 0.6 is 23.2 Å². The van der Waals surface area contributed by atoms with Crippen LogP contribution < -0.4 is 5.32 Å². The Hall–Kier alpha value is -2.04. The van der Waals surface area contributed by atoms with Gasteiger partial charge in [-0.25, -0.2) is 4.79 Å². The number of amides is 1. The van der Waals surface area contributed by atoms with Crippen molar-refractivity contribution in [1.29, 1.82) is 0 Å². The molecule has 1 N–H and O–H groups in total. The number of carbonyl (C=O) groups excluding carboxylic acids is 2. The highest BCUT2D eigenvalue weighted by Gasteiger charge is 2.22. The third kappa shape index (κ3) is 4.97. The maximum atomic E-state index is 12.3. The van der Waals surface area contributed by atoms with E-state index in [2.05, 4.69) is 5.32 Å². The lowest BCUT2D eigenvalue weighted by molar-refractivity contribution is -0.129. The Morgan fingerprint density at radius 1 is 1.08 bits per heavy atom. The third-order valence-corrected chi connectivity index (χ3v) is 4.37. The molecule has 2 rings (SSSR count). The summed E-state index contributed by atoms with van der Waals surface area (Å²) in [4.78, 5) is 24.5. The number of benzene rings is 2. The van der Waals surface area contributed by atoms with Gasteiger partial charge in [0.1, 0.15) is 0 Å². The molecule has 2 atom stereocenters. The molecule has 0 aliphatic rings. The van der Waals surface area contributed by atoms with E-state index in [0.717, 1.165) is 11.1 Å². The van der Waals surface area contributed by atoms with Gasteiger partial charge in [-0.15, -0.1) is 0 Å². The van der Waals surface area contributed by atoms with Gasteiger partial charge < -0.3 is 10.1 Å². The number of aryl methyl sites for hydroxylation is 1. The van der Waals surface area contributed by atoms with Crippen molar-refractivity contribution in [2.45, 2.75) is 32.9 Å². The zero-order valence-electron chi connectivity index (χ0n) is 14.2. The van der Waals surface area contributed by atoms with Crippen molar-refractivity contribution in [3.8, 4) is 0 Å². The van der Waals surface area contributed by atoms with Crippen LogP contribution in [0.4, 0.5) is 0 Å². The van der Waals surface area contributed by atoms with Crippen molar-refractivity contribution < 1.29 is 14.3 Å². The maximum Gasteiger partial charge on any atom is 0.339 e. The molecule has 6 heteroatoms. The highest BCUT2D eigenvalue weighted by molar-refractivity contribution is 6.35. The predicted molar refractivity (Wildman–Crippen MR) is 99.1 cm³/mol. The van der Waals surface area contributed by atoms with Crippen molar-refractivity contribution in [3.05, 3.63) is 69.2 Å². The molecule has 25 heavy (non-hydrogen) atoms. The number of hydrogen-bond acceptors (Lipinski definition) is 3. The van der Waals surface area contributed by atoms with E-state index >= 15 is 0 Å². The SMILES string of the molecule is Cc1ccccc1C(=O)O[C@H](C)C(=O)N[C@@H](C)c1ccc(Cl)cc1Cl. The van der Waals surface area contributed by atoms with Gasteiger partial charge in [0.2, 0.25) is 0 Å². The fourth-order valence-electron chi connectivity index (χ4n) is 2.34. The molecule has 0 aliphatic carbocycles. The van der Waals surface area contributed by atoms with Crippen LogP contribution in [0, 0.1) is 6.92 Å².